The number of aliphatic hydroxyl groups is 1. The number of nitrogens with zero attached hydrogens (tertiary/aromatic N) is 4. The summed E-state index contributed by atoms with van der Waals surface area (Å²) < 4.78 is 38.9. The quantitative estimate of drug-likeness (QED) is 0.486. The Morgan fingerprint density at radius 3 is 2.43 bits per heavy atom. The Morgan fingerprint density at radius 2 is 1.77 bits per heavy atom. The molecule has 0 aliphatic heterocycles. The van der Waals surface area contributed by atoms with Crippen LogP contribution in [0.25, 0.3) is 11.5 Å². The molecule has 0 bridgehead atoms. The van der Waals surface area contributed by atoms with Gasteiger partial charge in [-0.1, -0.05) is 17.7 Å². The van der Waals surface area contributed by atoms with E-state index in [0.717, 1.165) is 12.3 Å². The number of aromatic nitrogens is 4. The van der Waals surface area contributed by atoms with E-state index in [-0.39, 0.29) is 29.0 Å². The molecule has 0 fully saturated rings. The Kier molecular flexibility index (Phi) is 6.09. The number of hydrogen-bond donors (Lipinski definition) is 3. The molecule has 158 valence electrons. The van der Waals surface area contributed by atoms with E-state index in [1.807, 2.05) is 0 Å². The molecule has 3 N–H and O–H groups in total. The molecule has 0 unspecified atom stereocenters. The van der Waals surface area contributed by atoms with Gasteiger partial charge in [-0.15, -0.1) is 0 Å². The summed E-state index contributed by atoms with van der Waals surface area (Å²) in [6, 6.07) is 7.34. The van der Waals surface area contributed by atoms with E-state index in [9.17, 15) is 18.3 Å². The van der Waals surface area contributed by atoms with Crippen LogP contribution in [0.3, 0.4) is 0 Å². The average Bonchev–Trinajstić information content (AvgIpc) is 2.65. The van der Waals surface area contributed by atoms with Gasteiger partial charge in [-0.05, 0) is 32.0 Å². The summed E-state index contributed by atoms with van der Waals surface area (Å²) in [5, 5.41) is 16.0. The molecule has 0 amide bonds. The van der Waals surface area contributed by atoms with Gasteiger partial charge in [-0.2, -0.15) is 13.2 Å². The Hall–Kier alpha value is -2.98. The maximum atomic E-state index is 13.0. The summed E-state index contributed by atoms with van der Waals surface area (Å²) in [7, 11) is 0. The molecule has 3 rings (SSSR count). The van der Waals surface area contributed by atoms with E-state index in [2.05, 4.69) is 30.6 Å². The second kappa shape index (κ2) is 8.41. The van der Waals surface area contributed by atoms with E-state index in [4.69, 9.17) is 11.6 Å². The lowest BCUT2D eigenvalue weighted by Crippen LogP contribution is -2.29. The van der Waals surface area contributed by atoms with Gasteiger partial charge in [0.2, 0.25) is 0 Å². The van der Waals surface area contributed by atoms with E-state index < -0.39 is 17.3 Å². The molecule has 11 heteroatoms. The monoisotopic (exact) mass is 438 g/mol. The molecule has 0 aliphatic carbocycles. The predicted molar refractivity (Wildman–Crippen MR) is 108 cm³/mol. The van der Waals surface area contributed by atoms with Crippen molar-refractivity contribution < 1.29 is 18.3 Å². The molecule has 0 aromatic carbocycles. The van der Waals surface area contributed by atoms with Crippen molar-refractivity contribution in [3.63, 3.8) is 0 Å². The molecule has 30 heavy (non-hydrogen) atoms. The van der Waals surface area contributed by atoms with E-state index >= 15 is 0 Å². The Labute approximate surface area is 175 Å². The van der Waals surface area contributed by atoms with Crippen LogP contribution in [-0.4, -0.2) is 37.2 Å². The van der Waals surface area contributed by atoms with Gasteiger partial charge in [0.1, 0.15) is 22.5 Å². The van der Waals surface area contributed by atoms with Gasteiger partial charge in [0.25, 0.3) is 0 Å². The summed E-state index contributed by atoms with van der Waals surface area (Å²) in [6.45, 7) is 3.42. The van der Waals surface area contributed by atoms with Crippen LogP contribution in [-0.2, 0) is 6.18 Å². The second-order valence-electron chi connectivity index (χ2n) is 7.06. The highest BCUT2D eigenvalue weighted by Gasteiger charge is 2.31. The minimum Gasteiger partial charge on any atom is -0.389 e. The molecular formula is C19H18ClF3N6O. The zero-order valence-electron chi connectivity index (χ0n) is 16.0. The third-order valence-electron chi connectivity index (χ3n) is 3.71. The third-order valence-corrected chi connectivity index (χ3v) is 3.92. The minimum atomic E-state index is -4.52. The largest absolute Gasteiger partial charge is 0.417 e. The Bertz CT molecular complexity index is 1040. The van der Waals surface area contributed by atoms with Crippen LogP contribution >= 0.6 is 11.6 Å². The molecule has 0 aliphatic rings. The van der Waals surface area contributed by atoms with Crippen molar-refractivity contribution >= 4 is 28.9 Å². The van der Waals surface area contributed by atoms with Crippen LogP contribution in [0.1, 0.15) is 19.4 Å². The van der Waals surface area contributed by atoms with Crippen molar-refractivity contribution in [1.82, 2.24) is 19.9 Å². The standard InChI is InChI=1S/C19H18ClF3N6O/c1-18(2,30)10-25-15-7-16(26-12-6-11(8-24-9-12)19(21,22)23)29-17(28-15)13-4-3-5-14(20)27-13/h3-9,30H,10H2,1-2H3,(H2,25,26,28,29). The van der Waals surface area contributed by atoms with Gasteiger partial charge in [-0.25, -0.2) is 15.0 Å². The lowest BCUT2D eigenvalue weighted by atomic mass is 10.1. The number of hydrogen-bond acceptors (Lipinski definition) is 7. The van der Waals surface area contributed by atoms with Gasteiger partial charge in [0.05, 0.1) is 23.0 Å². The van der Waals surface area contributed by atoms with Crippen LogP contribution in [0.5, 0.6) is 0 Å². The molecule has 3 heterocycles. The fourth-order valence-electron chi connectivity index (χ4n) is 2.37. The normalized spacial score (nSPS) is 12.0. The molecule has 0 saturated carbocycles. The van der Waals surface area contributed by atoms with Crippen LogP contribution in [0.2, 0.25) is 5.15 Å². The molecule has 7 nitrogen and oxygen atoms in total. The van der Waals surface area contributed by atoms with E-state index in [1.54, 1.807) is 32.0 Å². The van der Waals surface area contributed by atoms with Crippen molar-refractivity contribution in [1.29, 1.82) is 0 Å². The van der Waals surface area contributed by atoms with Crippen molar-refractivity contribution in [2.24, 2.45) is 0 Å². The summed E-state index contributed by atoms with van der Waals surface area (Å²) in [5.74, 6) is 0.744. The maximum absolute atomic E-state index is 13.0. The zero-order chi connectivity index (χ0) is 21.9. The highest BCUT2D eigenvalue weighted by atomic mass is 35.5. The number of pyridine rings is 2. The van der Waals surface area contributed by atoms with Crippen molar-refractivity contribution in [2.75, 3.05) is 17.2 Å². The Morgan fingerprint density at radius 1 is 1.03 bits per heavy atom. The zero-order valence-corrected chi connectivity index (χ0v) is 16.8. The van der Waals surface area contributed by atoms with Crippen LogP contribution in [0.15, 0.2) is 42.7 Å². The first-order chi connectivity index (χ1) is 14.0. The number of rotatable bonds is 6. The average molecular weight is 439 g/mol. The fraction of sp³-hybridized carbons (Fsp3) is 0.263. The molecule has 3 aromatic rings. The Balaban J connectivity index is 1.97. The number of halogens is 4. The lowest BCUT2D eigenvalue weighted by Gasteiger charge is -2.19. The number of anilines is 3. The van der Waals surface area contributed by atoms with Crippen molar-refractivity contribution in [3.8, 4) is 11.5 Å². The van der Waals surface area contributed by atoms with Gasteiger partial charge in [-0.3, -0.25) is 4.98 Å². The smallest absolute Gasteiger partial charge is 0.389 e. The van der Waals surface area contributed by atoms with Crippen molar-refractivity contribution in [2.45, 2.75) is 25.6 Å². The van der Waals surface area contributed by atoms with Gasteiger partial charge < -0.3 is 15.7 Å². The third kappa shape index (κ3) is 6.01. The first-order valence-electron chi connectivity index (χ1n) is 8.77. The topological polar surface area (TPSA) is 95.8 Å². The van der Waals surface area contributed by atoms with Crippen LogP contribution in [0, 0.1) is 0 Å². The van der Waals surface area contributed by atoms with Gasteiger partial charge in [0.15, 0.2) is 5.82 Å². The first kappa shape index (κ1) is 21.7. The van der Waals surface area contributed by atoms with Crippen LogP contribution < -0.4 is 10.6 Å². The fourth-order valence-corrected chi connectivity index (χ4v) is 2.53. The molecule has 3 aromatic heterocycles. The molecule has 0 spiro atoms. The summed E-state index contributed by atoms with van der Waals surface area (Å²) >= 11 is 5.94. The molecule has 0 saturated heterocycles. The number of alkyl halides is 3. The van der Waals surface area contributed by atoms with Gasteiger partial charge in [0, 0.05) is 18.8 Å². The summed E-state index contributed by atoms with van der Waals surface area (Å²) in [5.41, 5.74) is -1.43. The predicted octanol–water partition coefficient (Wildman–Crippen LogP) is 4.53. The van der Waals surface area contributed by atoms with Gasteiger partial charge >= 0.3 is 6.18 Å². The highest BCUT2D eigenvalue weighted by molar-refractivity contribution is 6.29. The SMILES string of the molecule is CC(C)(O)CNc1cc(Nc2cncc(C(F)(F)F)c2)nc(-c2cccc(Cl)n2)n1. The molecule has 0 radical (unpaired) electrons. The maximum Gasteiger partial charge on any atom is 0.417 e. The molecular weight excluding hydrogens is 421 g/mol. The minimum absolute atomic E-state index is 0.0990. The second-order valence-corrected chi connectivity index (χ2v) is 7.45. The summed E-state index contributed by atoms with van der Waals surface area (Å²) in [4.78, 5) is 16.5. The van der Waals surface area contributed by atoms with Crippen molar-refractivity contribution in [3.05, 3.63) is 53.4 Å². The molecule has 0 atom stereocenters. The first-order valence-corrected chi connectivity index (χ1v) is 9.15. The lowest BCUT2D eigenvalue weighted by molar-refractivity contribution is -0.137. The highest BCUT2D eigenvalue weighted by Crippen LogP contribution is 2.31. The van der Waals surface area contributed by atoms with E-state index in [0.29, 0.717) is 11.5 Å². The summed E-state index contributed by atoms with van der Waals surface area (Å²) in [6.07, 6.45) is -2.53. The van der Waals surface area contributed by atoms with Crippen LogP contribution in [0.4, 0.5) is 30.5 Å². The van der Waals surface area contributed by atoms with E-state index in [1.165, 1.54) is 12.3 Å². The number of nitrogens with one attached hydrogen (secondary N) is 2.